The minimum Gasteiger partial charge on any atom is -0.308 e. The van der Waals surface area contributed by atoms with Gasteiger partial charge in [0.05, 0.1) is 16.8 Å². The van der Waals surface area contributed by atoms with Crippen molar-refractivity contribution in [3.8, 4) is 22.0 Å². The predicted octanol–water partition coefficient (Wildman–Crippen LogP) is 5.12. The molecule has 0 aliphatic carbocycles. The van der Waals surface area contributed by atoms with Gasteiger partial charge >= 0.3 is 0 Å². The Bertz CT molecular complexity index is 1650. The smallest absolute Gasteiger partial charge is 0.205 e. The second-order valence-electron chi connectivity index (χ2n) is 8.32. The van der Waals surface area contributed by atoms with Crippen LogP contribution in [0.2, 0.25) is 0 Å². The third kappa shape index (κ3) is 3.45. The highest BCUT2D eigenvalue weighted by atomic mass is 32.1. The number of pyridine rings is 1. The maximum Gasteiger partial charge on any atom is 0.205 e. The molecule has 0 spiro atoms. The monoisotopic (exact) mass is 466 g/mol. The lowest BCUT2D eigenvalue weighted by Gasteiger charge is -2.08. The zero-order chi connectivity index (χ0) is 23.2. The quantitative estimate of drug-likeness (QED) is 0.379. The summed E-state index contributed by atoms with van der Waals surface area (Å²) >= 11 is 1.66. The minimum atomic E-state index is 0.563. The number of rotatable bonds is 5. The maximum atomic E-state index is 4.97. The Balaban J connectivity index is 1.41. The molecule has 0 unspecified atom stereocenters. The summed E-state index contributed by atoms with van der Waals surface area (Å²) in [5, 5.41) is 15.5. The van der Waals surface area contributed by atoms with Crippen LogP contribution in [0.1, 0.15) is 29.6 Å². The summed E-state index contributed by atoms with van der Waals surface area (Å²) in [4.78, 5) is 14.7. The number of hydrogen-bond acceptors (Lipinski definition) is 7. The van der Waals surface area contributed by atoms with Gasteiger partial charge in [-0.2, -0.15) is 5.21 Å². The van der Waals surface area contributed by atoms with Crippen LogP contribution in [0.5, 0.6) is 0 Å². The zero-order valence-electron chi connectivity index (χ0n) is 19.1. The summed E-state index contributed by atoms with van der Waals surface area (Å²) in [5.41, 5.74) is 8.15. The maximum absolute atomic E-state index is 4.97. The van der Waals surface area contributed by atoms with E-state index in [1.807, 2.05) is 31.2 Å². The summed E-state index contributed by atoms with van der Waals surface area (Å²) in [6, 6.07) is 16.6. The number of H-pyrrole nitrogens is 1. The number of aryl methyl sites for hydroxylation is 3. The average Bonchev–Trinajstić information content (AvgIpc) is 3.58. The van der Waals surface area contributed by atoms with E-state index in [9.17, 15) is 0 Å². The van der Waals surface area contributed by atoms with Crippen LogP contribution in [0.25, 0.3) is 43.3 Å². The lowest BCUT2D eigenvalue weighted by Crippen LogP contribution is -2.05. The van der Waals surface area contributed by atoms with Crippen LogP contribution in [0, 0.1) is 13.8 Å². The molecule has 6 aromatic rings. The second-order valence-corrected chi connectivity index (χ2v) is 9.35. The summed E-state index contributed by atoms with van der Waals surface area (Å²) < 4.78 is 3.37. The molecule has 2 aromatic carbocycles. The average molecular weight is 467 g/mol. The number of benzene rings is 2. The molecule has 0 saturated carbocycles. The van der Waals surface area contributed by atoms with E-state index in [1.165, 1.54) is 5.56 Å². The van der Waals surface area contributed by atoms with Gasteiger partial charge in [0, 0.05) is 23.2 Å². The van der Waals surface area contributed by atoms with Gasteiger partial charge in [-0.3, -0.25) is 0 Å². The van der Waals surface area contributed by atoms with Crippen LogP contribution in [0.15, 0.2) is 48.5 Å². The number of hydrogen-bond donors (Lipinski definition) is 1. The molecular weight excluding hydrogens is 444 g/mol. The van der Waals surface area contributed by atoms with Gasteiger partial charge in [0.25, 0.3) is 0 Å². The minimum absolute atomic E-state index is 0.563. The molecule has 1 N–H and O–H groups in total. The summed E-state index contributed by atoms with van der Waals surface area (Å²) in [7, 11) is 0. The van der Waals surface area contributed by atoms with Gasteiger partial charge in [0.1, 0.15) is 16.3 Å². The normalized spacial score (nSPS) is 11.6. The molecule has 168 valence electrons. The Hall–Kier alpha value is -3.98. The van der Waals surface area contributed by atoms with Gasteiger partial charge in [0.2, 0.25) is 5.82 Å². The van der Waals surface area contributed by atoms with Crippen molar-refractivity contribution in [1.82, 2.24) is 40.1 Å². The van der Waals surface area contributed by atoms with E-state index in [4.69, 9.17) is 15.0 Å². The standard InChI is InChI=1S/C25H22N8S/c1-4-21-28-22-14(2)11-15(3)26-24(22)33(21)13-16-9-10-20-19(12-16)27-25(34-20)18-8-6-5-7-17(18)23-29-31-32-30-23/h5-12H,4,13H2,1-3H3,(H,29,30,31,32). The van der Waals surface area contributed by atoms with E-state index in [-0.39, 0.29) is 0 Å². The Morgan fingerprint density at radius 2 is 1.82 bits per heavy atom. The van der Waals surface area contributed by atoms with Crippen LogP contribution in [-0.4, -0.2) is 40.1 Å². The molecule has 0 saturated heterocycles. The Morgan fingerprint density at radius 1 is 0.971 bits per heavy atom. The SMILES string of the molecule is CCc1nc2c(C)cc(C)nc2n1Cc1ccc2sc(-c3ccccc3-c3nn[nH]n3)nc2c1. The van der Waals surface area contributed by atoms with Crippen LogP contribution in [0.4, 0.5) is 0 Å². The lowest BCUT2D eigenvalue weighted by atomic mass is 10.1. The third-order valence-corrected chi connectivity index (χ3v) is 7.02. The number of fused-ring (bicyclic) bond motifs is 2. The Kier molecular flexibility index (Phi) is 4.91. The molecule has 0 bridgehead atoms. The van der Waals surface area contributed by atoms with E-state index in [0.29, 0.717) is 12.4 Å². The summed E-state index contributed by atoms with van der Waals surface area (Å²) in [6.07, 6.45) is 0.852. The number of tetrazole rings is 1. The Labute approximate surface area is 199 Å². The zero-order valence-corrected chi connectivity index (χ0v) is 19.9. The molecule has 0 aliphatic rings. The highest BCUT2D eigenvalue weighted by Crippen LogP contribution is 2.35. The molecule has 0 fully saturated rings. The third-order valence-electron chi connectivity index (χ3n) is 5.95. The number of imidazole rings is 1. The van der Waals surface area contributed by atoms with Crippen LogP contribution in [-0.2, 0) is 13.0 Å². The van der Waals surface area contributed by atoms with Gasteiger partial charge in [0.15, 0.2) is 5.65 Å². The Morgan fingerprint density at radius 3 is 2.62 bits per heavy atom. The van der Waals surface area contributed by atoms with Crippen molar-refractivity contribution in [2.75, 3.05) is 0 Å². The molecule has 9 heteroatoms. The molecule has 0 atom stereocenters. The van der Waals surface area contributed by atoms with E-state index in [0.717, 1.165) is 61.0 Å². The summed E-state index contributed by atoms with van der Waals surface area (Å²) in [5.74, 6) is 1.61. The van der Waals surface area contributed by atoms with Gasteiger partial charge < -0.3 is 4.57 Å². The molecule has 4 aromatic heterocycles. The molecule has 0 amide bonds. The largest absolute Gasteiger partial charge is 0.308 e. The molecule has 0 radical (unpaired) electrons. The number of aromatic amines is 1. The van der Waals surface area contributed by atoms with Crippen molar-refractivity contribution in [3.05, 3.63) is 71.2 Å². The van der Waals surface area contributed by atoms with E-state index >= 15 is 0 Å². The fourth-order valence-corrected chi connectivity index (χ4v) is 5.38. The van der Waals surface area contributed by atoms with Crippen molar-refractivity contribution in [3.63, 3.8) is 0 Å². The molecule has 4 heterocycles. The topological polar surface area (TPSA) is 98.1 Å². The molecule has 34 heavy (non-hydrogen) atoms. The van der Waals surface area contributed by atoms with Crippen molar-refractivity contribution in [1.29, 1.82) is 0 Å². The summed E-state index contributed by atoms with van der Waals surface area (Å²) in [6.45, 7) is 6.97. The van der Waals surface area contributed by atoms with Crippen molar-refractivity contribution >= 4 is 32.7 Å². The molecule has 8 nitrogen and oxygen atoms in total. The highest BCUT2D eigenvalue weighted by Gasteiger charge is 2.16. The van der Waals surface area contributed by atoms with E-state index in [1.54, 1.807) is 11.3 Å². The first kappa shape index (κ1) is 20.6. The first-order chi connectivity index (χ1) is 16.6. The first-order valence-electron chi connectivity index (χ1n) is 11.2. The van der Waals surface area contributed by atoms with Gasteiger partial charge in [-0.25, -0.2) is 15.0 Å². The number of thiazole rings is 1. The molecular formula is C25H22N8S. The fraction of sp³-hybridized carbons (Fsp3) is 0.200. The van der Waals surface area contributed by atoms with Crippen LogP contribution < -0.4 is 0 Å². The number of aromatic nitrogens is 8. The van der Waals surface area contributed by atoms with E-state index in [2.05, 4.69) is 63.3 Å². The van der Waals surface area contributed by atoms with Gasteiger partial charge in [-0.05, 0) is 48.4 Å². The van der Waals surface area contributed by atoms with E-state index < -0.39 is 0 Å². The van der Waals surface area contributed by atoms with Crippen molar-refractivity contribution < 1.29 is 0 Å². The highest BCUT2D eigenvalue weighted by molar-refractivity contribution is 7.21. The van der Waals surface area contributed by atoms with Crippen molar-refractivity contribution in [2.24, 2.45) is 0 Å². The number of nitrogens with zero attached hydrogens (tertiary/aromatic N) is 7. The molecule has 0 aliphatic heterocycles. The first-order valence-corrected chi connectivity index (χ1v) is 12.0. The number of nitrogens with one attached hydrogen (secondary N) is 1. The van der Waals surface area contributed by atoms with Crippen molar-refractivity contribution in [2.45, 2.75) is 33.7 Å². The van der Waals surface area contributed by atoms with Crippen LogP contribution in [0.3, 0.4) is 0 Å². The molecule has 6 rings (SSSR count). The lowest BCUT2D eigenvalue weighted by molar-refractivity contribution is 0.746. The van der Waals surface area contributed by atoms with Gasteiger partial charge in [-0.1, -0.05) is 37.3 Å². The predicted molar refractivity (Wildman–Crippen MR) is 134 cm³/mol. The van der Waals surface area contributed by atoms with Crippen LogP contribution >= 0.6 is 11.3 Å². The fourth-order valence-electron chi connectivity index (χ4n) is 4.39. The van der Waals surface area contributed by atoms with Gasteiger partial charge in [-0.15, -0.1) is 21.5 Å². The second kappa shape index (κ2) is 8.11.